The molecular weight excluding hydrogens is 272 g/mol. The van der Waals surface area contributed by atoms with Crippen molar-refractivity contribution in [2.75, 3.05) is 0 Å². The minimum absolute atomic E-state index is 0.305. The van der Waals surface area contributed by atoms with E-state index in [4.69, 9.17) is 0 Å². The van der Waals surface area contributed by atoms with E-state index in [9.17, 15) is 10.2 Å². The van der Waals surface area contributed by atoms with Gasteiger partial charge in [-0.05, 0) is 36.8 Å². The zero-order chi connectivity index (χ0) is 15.9. The number of benzene rings is 2. The largest absolute Gasteiger partial charge is 0.507 e. The quantitative estimate of drug-likeness (QED) is 0.713. The van der Waals surface area contributed by atoms with Crippen molar-refractivity contribution < 1.29 is 10.2 Å². The summed E-state index contributed by atoms with van der Waals surface area (Å²) in [7, 11) is 0. The van der Waals surface area contributed by atoms with Gasteiger partial charge in [0.2, 0.25) is 0 Å². The molecule has 0 atom stereocenters. The molecule has 0 aromatic heterocycles. The zero-order valence-electron chi connectivity index (χ0n) is 13.6. The van der Waals surface area contributed by atoms with Gasteiger partial charge >= 0.3 is 0 Å². The van der Waals surface area contributed by atoms with E-state index in [-0.39, 0.29) is 0 Å². The van der Waals surface area contributed by atoms with Crippen molar-refractivity contribution in [3.05, 3.63) is 47.5 Å². The smallest absolute Gasteiger partial charge is 0.126 e. The summed E-state index contributed by atoms with van der Waals surface area (Å²) in [6.45, 7) is 4.29. The molecule has 0 aliphatic heterocycles. The highest BCUT2D eigenvalue weighted by molar-refractivity contribution is 5.77. The maximum Gasteiger partial charge on any atom is 0.126 e. The van der Waals surface area contributed by atoms with E-state index in [1.54, 1.807) is 0 Å². The Kier molecular flexibility index (Phi) is 5.88. The van der Waals surface area contributed by atoms with Crippen molar-refractivity contribution in [2.24, 2.45) is 0 Å². The zero-order valence-corrected chi connectivity index (χ0v) is 13.6. The van der Waals surface area contributed by atoms with Crippen LogP contribution >= 0.6 is 0 Å². The molecule has 0 radical (unpaired) electrons. The van der Waals surface area contributed by atoms with Crippen LogP contribution in [-0.2, 0) is 12.8 Å². The Hall–Kier alpha value is -1.96. The third-order valence-electron chi connectivity index (χ3n) is 4.13. The molecule has 2 nitrogen and oxygen atoms in total. The van der Waals surface area contributed by atoms with Gasteiger partial charge in [0.15, 0.2) is 0 Å². The molecule has 118 valence electrons. The van der Waals surface area contributed by atoms with Crippen LogP contribution in [0.15, 0.2) is 36.4 Å². The van der Waals surface area contributed by atoms with Gasteiger partial charge in [0, 0.05) is 11.1 Å². The maximum absolute atomic E-state index is 10.5. The molecule has 22 heavy (non-hydrogen) atoms. The number of phenols is 2. The highest BCUT2D eigenvalue weighted by atomic mass is 16.3. The van der Waals surface area contributed by atoms with Crippen molar-refractivity contribution in [3.63, 3.8) is 0 Å². The fourth-order valence-corrected chi connectivity index (χ4v) is 2.76. The second kappa shape index (κ2) is 7.88. The molecule has 2 N–H and O–H groups in total. The molecule has 0 aliphatic rings. The lowest BCUT2D eigenvalue weighted by Gasteiger charge is -2.13. The summed E-state index contributed by atoms with van der Waals surface area (Å²) in [5.74, 6) is 0.609. The molecule has 0 fully saturated rings. The molecule has 0 bridgehead atoms. The Morgan fingerprint density at radius 3 is 1.45 bits per heavy atom. The molecule has 2 aromatic carbocycles. The van der Waals surface area contributed by atoms with Crippen LogP contribution in [-0.4, -0.2) is 10.2 Å². The Morgan fingerprint density at radius 1 is 0.682 bits per heavy atom. The third kappa shape index (κ3) is 3.62. The van der Waals surface area contributed by atoms with Gasteiger partial charge in [0.1, 0.15) is 11.5 Å². The number of hydrogen-bond acceptors (Lipinski definition) is 2. The van der Waals surface area contributed by atoms with Gasteiger partial charge in [0.05, 0.1) is 0 Å². The third-order valence-corrected chi connectivity index (χ3v) is 4.13. The Labute approximate surface area is 133 Å². The van der Waals surface area contributed by atoms with Crippen LogP contribution < -0.4 is 0 Å². The van der Waals surface area contributed by atoms with E-state index in [0.717, 1.165) is 60.8 Å². The Morgan fingerprint density at radius 2 is 1.09 bits per heavy atom. The van der Waals surface area contributed by atoms with E-state index < -0.39 is 0 Å². The van der Waals surface area contributed by atoms with Gasteiger partial charge in [-0.2, -0.15) is 0 Å². The van der Waals surface area contributed by atoms with Crippen LogP contribution in [0.2, 0.25) is 0 Å². The van der Waals surface area contributed by atoms with Crippen LogP contribution in [0.3, 0.4) is 0 Å². The standard InChI is InChI=1S/C20H26O2/c1-3-5-9-15-11-7-13-17(19(15)21)18-14-8-12-16(20(18)22)10-6-4-2/h7-8,11-14,21-22H,3-6,9-10H2,1-2H3. The second-order valence-electron chi connectivity index (χ2n) is 5.83. The monoisotopic (exact) mass is 298 g/mol. The van der Waals surface area contributed by atoms with E-state index in [2.05, 4.69) is 13.8 Å². The number of unbranched alkanes of at least 4 members (excludes halogenated alkanes) is 2. The van der Waals surface area contributed by atoms with Crippen molar-refractivity contribution in [1.82, 2.24) is 0 Å². The van der Waals surface area contributed by atoms with E-state index >= 15 is 0 Å². The van der Waals surface area contributed by atoms with Crippen molar-refractivity contribution >= 4 is 0 Å². The van der Waals surface area contributed by atoms with Gasteiger partial charge in [-0.1, -0.05) is 63.1 Å². The maximum atomic E-state index is 10.5. The number of aromatic hydroxyl groups is 2. The topological polar surface area (TPSA) is 40.5 Å². The number of aryl methyl sites for hydroxylation is 2. The lowest BCUT2D eigenvalue weighted by molar-refractivity contribution is 0.461. The van der Waals surface area contributed by atoms with Gasteiger partial charge in [0.25, 0.3) is 0 Å². The van der Waals surface area contributed by atoms with Gasteiger partial charge in [-0.15, -0.1) is 0 Å². The Bertz CT molecular complexity index is 562. The first-order valence-electron chi connectivity index (χ1n) is 8.31. The molecule has 0 saturated heterocycles. The summed E-state index contributed by atoms with van der Waals surface area (Å²) in [6, 6.07) is 11.6. The van der Waals surface area contributed by atoms with Crippen LogP contribution in [0.4, 0.5) is 0 Å². The molecule has 0 amide bonds. The van der Waals surface area contributed by atoms with Gasteiger partial charge in [-0.3, -0.25) is 0 Å². The average Bonchev–Trinajstić information content (AvgIpc) is 2.53. The van der Waals surface area contributed by atoms with Crippen molar-refractivity contribution in [2.45, 2.75) is 52.4 Å². The van der Waals surface area contributed by atoms with Crippen LogP contribution in [0, 0.1) is 0 Å². The molecule has 0 heterocycles. The average molecular weight is 298 g/mol. The summed E-state index contributed by atoms with van der Waals surface area (Å²) >= 11 is 0. The minimum atomic E-state index is 0.305. The lowest BCUT2D eigenvalue weighted by atomic mass is 9.95. The number of hydrogen-bond donors (Lipinski definition) is 2. The molecule has 0 unspecified atom stereocenters. The summed E-state index contributed by atoms with van der Waals surface area (Å²) in [5.41, 5.74) is 3.37. The van der Waals surface area contributed by atoms with Crippen LogP contribution in [0.1, 0.15) is 50.7 Å². The summed E-state index contributed by atoms with van der Waals surface area (Å²) in [6.07, 6.45) is 6.04. The highest BCUT2D eigenvalue weighted by Gasteiger charge is 2.14. The van der Waals surface area contributed by atoms with Gasteiger partial charge < -0.3 is 10.2 Å². The van der Waals surface area contributed by atoms with Crippen molar-refractivity contribution in [3.8, 4) is 22.6 Å². The fourth-order valence-electron chi connectivity index (χ4n) is 2.76. The summed E-state index contributed by atoms with van der Waals surface area (Å²) in [5, 5.41) is 21.1. The van der Waals surface area contributed by atoms with Crippen LogP contribution in [0.25, 0.3) is 11.1 Å². The first kappa shape index (κ1) is 16.4. The van der Waals surface area contributed by atoms with Crippen molar-refractivity contribution in [1.29, 1.82) is 0 Å². The molecule has 2 aromatic rings. The minimum Gasteiger partial charge on any atom is -0.507 e. The first-order valence-corrected chi connectivity index (χ1v) is 8.31. The first-order chi connectivity index (χ1) is 10.7. The molecule has 2 heteroatoms. The normalized spacial score (nSPS) is 10.8. The molecule has 0 saturated carbocycles. The van der Waals surface area contributed by atoms with Gasteiger partial charge in [-0.25, -0.2) is 0 Å². The lowest BCUT2D eigenvalue weighted by Crippen LogP contribution is -1.91. The van der Waals surface area contributed by atoms with Crippen LogP contribution in [0.5, 0.6) is 11.5 Å². The van der Waals surface area contributed by atoms with E-state index in [0.29, 0.717) is 11.5 Å². The fraction of sp³-hybridized carbons (Fsp3) is 0.400. The predicted octanol–water partition coefficient (Wildman–Crippen LogP) is 5.45. The predicted molar refractivity (Wildman–Crippen MR) is 92.4 cm³/mol. The summed E-state index contributed by atoms with van der Waals surface area (Å²) < 4.78 is 0. The Balaban J connectivity index is 2.39. The molecule has 2 rings (SSSR count). The molecular formula is C20H26O2. The van der Waals surface area contributed by atoms with E-state index in [1.165, 1.54) is 0 Å². The molecule has 0 aliphatic carbocycles. The van der Waals surface area contributed by atoms with E-state index in [1.807, 2.05) is 36.4 Å². The molecule has 0 spiro atoms. The summed E-state index contributed by atoms with van der Waals surface area (Å²) in [4.78, 5) is 0. The number of rotatable bonds is 7. The number of para-hydroxylation sites is 2. The SMILES string of the molecule is CCCCc1cccc(-c2cccc(CCCC)c2O)c1O. The second-order valence-corrected chi connectivity index (χ2v) is 5.83. The number of phenolic OH excluding ortho intramolecular Hbond substituents is 2. The highest BCUT2D eigenvalue weighted by Crippen LogP contribution is 2.39.